The van der Waals surface area contributed by atoms with Crippen LogP contribution in [0.15, 0.2) is 39.8 Å². The van der Waals surface area contributed by atoms with Gasteiger partial charge in [-0.1, -0.05) is 6.07 Å². The molecule has 10 heteroatoms. The zero-order valence-electron chi connectivity index (χ0n) is 18.2. The van der Waals surface area contributed by atoms with Crippen LogP contribution in [0.2, 0.25) is 0 Å². The first kappa shape index (κ1) is 23.4. The lowest BCUT2D eigenvalue weighted by atomic mass is 10.1. The third kappa shape index (κ3) is 5.50. The van der Waals surface area contributed by atoms with Gasteiger partial charge in [0.05, 0.1) is 5.88 Å². The van der Waals surface area contributed by atoms with Gasteiger partial charge in [-0.15, -0.1) is 11.8 Å². The Bertz CT molecular complexity index is 1100. The van der Waals surface area contributed by atoms with Gasteiger partial charge in [-0.05, 0) is 70.0 Å². The molecule has 2 aromatic rings. The van der Waals surface area contributed by atoms with Crippen molar-refractivity contribution in [1.82, 2.24) is 9.62 Å². The van der Waals surface area contributed by atoms with Crippen LogP contribution in [0.4, 0.5) is 5.69 Å². The fourth-order valence-electron chi connectivity index (χ4n) is 3.08. The topological polar surface area (TPSA) is 109 Å². The third-order valence-electron chi connectivity index (χ3n) is 4.72. The van der Waals surface area contributed by atoms with Crippen molar-refractivity contribution in [2.45, 2.75) is 51.3 Å². The van der Waals surface area contributed by atoms with E-state index >= 15 is 0 Å². The molecule has 8 nitrogen and oxygen atoms in total. The van der Waals surface area contributed by atoms with E-state index in [0.717, 1.165) is 11.1 Å². The smallest absolute Gasteiger partial charge is 0.291 e. The molecule has 31 heavy (non-hydrogen) atoms. The molecule has 1 aliphatic heterocycles. The first-order valence-electron chi connectivity index (χ1n) is 9.78. The minimum atomic E-state index is -3.90. The Morgan fingerprint density at radius 1 is 1.13 bits per heavy atom. The highest BCUT2D eigenvalue weighted by Gasteiger charge is 2.37. The van der Waals surface area contributed by atoms with Gasteiger partial charge in [0.25, 0.3) is 15.9 Å². The first-order chi connectivity index (χ1) is 14.4. The summed E-state index contributed by atoms with van der Waals surface area (Å²) in [5.41, 5.74) is 2.14. The standard InChI is InChI=1S/C21H27N3O5S2/c1-13-6-7-15(10-14(13)2)22-19(25)16-11-30-12-24(16)20(26)17-8-9-18(29-17)31(27,28)23-21(3,4)5/h6-10,16,23H,11-12H2,1-5H3,(H,22,25). The predicted molar refractivity (Wildman–Crippen MR) is 121 cm³/mol. The summed E-state index contributed by atoms with van der Waals surface area (Å²) in [6.45, 7) is 9.08. The summed E-state index contributed by atoms with van der Waals surface area (Å²) in [4.78, 5) is 27.2. The fourth-order valence-corrected chi connectivity index (χ4v) is 5.59. The molecule has 1 aromatic heterocycles. The van der Waals surface area contributed by atoms with Crippen LogP contribution in [0, 0.1) is 13.8 Å². The van der Waals surface area contributed by atoms with Gasteiger partial charge in [-0.3, -0.25) is 9.59 Å². The van der Waals surface area contributed by atoms with E-state index in [0.29, 0.717) is 17.3 Å². The molecule has 1 saturated heterocycles. The van der Waals surface area contributed by atoms with Crippen molar-refractivity contribution in [1.29, 1.82) is 0 Å². The number of nitrogens with one attached hydrogen (secondary N) is 2. The highest BCUT2D eigenvalue weighted by atomic mass is 32.2. The zero-order chi connectivity index (χ0) is 23.0. The van der Waals surface area contributed by atoms with Gasteiger partial charge in [0.15, 0.2) is 5.76 Å². The molecular weight excluding hydrogens is 438 g/mol. The van der Waals surface area contributed by atoms with Crippen molar-refractivity contribution in [2.75, 3.05) is 16.9 Å². The molecule has 1 atom stereocenters. The molecule has 1 aliphatic rings. The fraction of sp³-hybridized carbons (Fsp3) is 0.429. The van der Waals surface area contributed by atoms with Crippen LogP contribution < -0.4 is 10.0 Å². The predicted octanol–water partition coefficient (Wildman–Crippen LogP) is 3.13. The molecule has 2 amide bonds. The van der Waals surface area contributed by atoms with Gasteiger partial charge in [0.2, 0.25) is 11.0 Å². The number of carbonyl (C=O) groups is 2. The number of nitrogens with zero attached hydrogens (tertiary/aromatic N) is 1. The maximum Gasteiger partial charge on any atom is 0.291 e. The van der Waals surface area contributed by atoms with Crippen molar-refractivity contribution in [2.24, 2.45) is 0 Å². The van der Waals surface area contributed by atoms with Gasteiger partial charge in [-0.25, -0.2) is 13.1 Å². The van der Waals surface area contributed by atoms with E-state index in [9.17, 15) is 18.0 Å². The molecule has 0 radical (unpaired) electrons. The van der Waals surface area contributed by atoms with E-state index in [1.54, 1.807) is 20.8 Å². The molecule has 0 aliphatic carbocycles. The maximum atomic E-state index is 13.0. The number of amides is 2. The third-order valence-corrected chi connectivity index (χ3v) is 7.36. The molecule has 1 fully saturated rings. The summed E-state index contributed by atoms with van der Waals surface area (Å²) in [6, 6.07) is 7.51. The number of hydrogen-bond acceptors (Lipinski definition) is 6. The largest absolute Gasteiger partial charge is 0.438 e. The normalized spacial score (nSPS) is 17.1. The van der Waals surface area contributed by atoms with Crippen LogP contribution in [-0.2, 0) is 14.8 Å². The number of anilines is 1. The van der Waals surface area contributed by atoms with Crippen LogP contribution in [-0.4, -0.2) is 48.3 Å². The summed E-state index contributed by atoms with van der Waals surface area (Å²) < 4.78 is 32.7. The summed E-state index contributed by atoms with van der Waals surface area (Å²) in [5.74, 6) is -0.189. The van der Waals surface area contributed by atoms with Crippen LogP contribution in [0.25, 0.3) is 0 Å². The highest BCUT2D eigenvalue weighted by molar-refractivity contribution is 7.99. The van der Waals surface area contributed by atoms with Crippen molar-refractivity contribution in [3.8, 4) is 0 Å². The van der Waals surface area contributed by atoms with Crippen LogP contribution in [0.3, 0.4) is 0 Å². The molecule has 3 rings (SSSR count). The van der Waals surface area contributed by atoms with Crippen molar-refractivity contribution in [3.05, 3.63) is 47.2 Å². The second kappa shape index (κ2) is 8.68. The number of sulfonamides is 1. The number of aryl methyl sites for hydroxylation is 2. The number of thioether (sulfide) groups is 1. The minimum Gasteiger partial charge on any atom is -0.438 e. The first-order valence-corrected chi connectivity index (χ1v) is 12.4. The van der Waals surface area contributed by atoms with E-state index in [-0.39, 0.29) is 16.8 Å². The molecule has 168 valence electrons. The molecule has 2 heterocycles. The lowest BCUT2D eigenvalue weighted by Crippen LogP contribution is -2.44. The van der Waals surface area contributed by atoms with E-state index in [4.69, 9.17) is 4.42 Å². The Morgan fingerprint density at radius 2 is 1.84 bits per heavy atom. The summed E-state index contributed by atoms with van der Waals surface area (Å²) in [5, 5.41) is 2.52. The van der Waals surface area contributed by atoms with Crippen molar-refractivity contribution in [3.63, 3.8) is 0 Å². The maximum absolute atomic E-state index is 13.0. The SMILES string of the molecule is Cc1ccc(NC(=O)C2CSCN2C(=O)c2ccc(S(=O)(=O)NC(C)(C)C)o2)cc1C. The Kier molecular flexibility index (Phi) is 6.54. The molecule has 2 N–H and O–H groups in total. The number of carbonyl (C=O) groups excluding carboxylic acids is 2. The molecule has 0 saturated carbocycles. The molecule has 1 unspecified atom stereocenters. The lowest BCUT2D eigenvalue weighted by molar-refractivity contribution is -0.119. The molecular formula is C21H27N3O5S2. The second-order valence-electron chi connectivity index (χ2n) is 8.55. The Labute approximate surface area is 186 Å². The van der Waals surface area contributed by atoms with E-state index in [1.165, 1.54) is 28.8 Å². The van der Waals surface area contributed by atoms with Crippen molar-refractivity contribution >= 4 is 39.3 Å². The Balaban J connectivity index is 1.75. The van der Waals surface area contributed by atoms with Gasteiger partial charge in [0, 0.05) is 17.0 Å². The second-order valence-corrected chi connectivity index (χ2v) is 11.2. The number of furan rings is 1. The summed E-state index contributed by atoms with van der Waals surface area (Å²) in [6.07, 6.45) is 0. The summed E-state index contributed by atoms with van der Waals surface area (Å²) >= 11 is 1.45. The van der Waals surface area contributed by atoms with Crippen molar-refractivity contribution < 1.29 is 22.4 Å². The Morgan fingerprint density at radius 3 is 2.48 bits per heavy atom. The van der Waals surface area contributed by atoms with Gasteiger partial charge >= 0.3 is 0 Å². The van der Waals surface area contributed by atoms with Crippen LogP contribution >= 0.6 is 11.8 Å². The van der Waals surface area contributed by atoms with Crippen LogP contribution in [0.5, 0.6) is 0 Å². The van der Waals surface area contributed by atoms with E-state index in [2.05, 4.69) is 10.0 Å². The molecule has 0 spiro atoms. The average molecular weight is 466 g/mol. The number of rotatable bonds is 5. The van der Waals surface area contributed by atoms with Gasteiger partial charge in [0.1, 0.15) is 6.04 Å². The number of benzene rings is 1. The monoisotopic (exact) mass is 465 g/mol. The minimum absolute atomic E-state index is 0.124. The Hall–Kier alpha value is -2.30. The van der Waals surface area contributed by atoms with E-state index in [1.807, 2.05) is 32.0 Å². The van der Waals surface area contributed by atoms with E-state index < -0.39 is 27.5 Å². The van der Waals surface area contributed by atoms with Gasteiger partial charge < -0.3 is 14.6 Å². The van der Waals surface area contributed by atoms with Gasteiger partial charge in [-0.2, -0.15) is 0 Å². The molecule has 1 aromatic carbocycles. The molecule has 0 bridgehead atoms. The highest BCUT2D eigenvalue weighted by Crippen LogP contribution is 2.26. The zero-order valence-corrected chi connectivity index (χ0v) is 19.8. The number of hydrogen-bond donors (Lipinski definition) is 2. The van der Waals surface area contributed by atoms with Crippen LogP contribution in [0.1, 0.15) is 42.5 Å². The average Bonchev–Trinajstić information content (AvgIpc) is 3.32. The lowest BCUT2D eigenvalue weighted by Gasteiger charge is -2.22. The summed E-state index contributed by atoms with van der Waals surface area (Å²) in [7, 11) is -3.90. The quantitative estimate of drug-likeness (QED) is 0.702.